The van der Waals surface area contributed by atoms with Crippen LogP contribution in [0, 0.1) is 11.8 Å². The van der Waals surface area contributed by atoms with Gasteiger partial charge < -0.3 is 4.74 Å². The van der Waals surface area contributed by atoms with Gasteiger partial charge in [0.15, 0.2) is 0 Å². The first-order chi connectivity index (χ1) is 11.4. The summed E-state index contributed by atoms with van der Waals surface area (Å²) < 4.78 is 42.4. The van der Waals surface area contributed by atoms with Crippen LogP contribution in [-0.4, -0.2) is 12.6 Å². The molecule has 0 atom stereocenters. The second kappa shape index (κ2) is 7.69. The van der Waals surface area contributed by atoms with Crippen LogP contribution in [-0.2, 0) is 10.9 Å². The maximum absolute atomic E-state index is 12.5. The quantitative estimate of drug-likeness (QED) is 0.603. The predicted octanol–water partition coefficient (Wildman–Crippen LogP) is 4.67. The van der Waals surface area contributed by atoms with Crippen molar-refractivity contribution in [3.8, 4) is 11.8 Å². The summed E-state index contributed by atoms with van der Waals surface area (Å²) in [6, 6.07) is 11.2. The molecule has 0 radical (unpaired) electrons. The number of esters is 1. The van der Waals surface area contributed by atoms with Crippen molar-refractivity contribution >= 4 is 5.97 Å². The van der Waals surface area contributed by atoms with E-state index in [-0.39, 0.29) is 5.97 Å². The summed E-state index contributed by atoms with van der Waals surface area (Å²) in [5, 5.41) is 0. The van der Waals surface area contributed by atoms with Crippen molar-refractivity contribution in [2.75, 3.05) is 6.61 Å². The van der Waals surface area contributed by atoms with Crippen molar-refractivity contribution in [1.29, 1.82) is 0 Å². The van der Waals surface area contributed by atoms with Gasteiger partial charge in [0.1, 0.15) is 0 Å². The Balaban J connectivity index is 2.07. The smallest absolute Gasteiger partial charge is 0.416 e. The molecule has 0 fully saturated rings. The van der Waals surface area contributed by atoms with Crippen LogP contribution in [0.5, 0.6) is 0 Å². The van der Waals surface area contributed by atoms with Gasteiger partial charge in [-0.05, 0) is 55.0 Å². The number of carbonyl (C=O) groups excluding carboxylic acids is 1. The largest absolute Gasteiger partial charge is 0.462 e. The Bertz CT molecular complexity index is 748. The van der Waals surface area contributed by atoms with Gasteiger partial charge in [0, 0.05) is 11.1 Å². The molecule has 0 saturated carbocycles. The topological polar surface area (TPSA) is 26.3 Å². The average molecular weight is 332 g/mol. The zero-order valence-electron chi connectivity index (χ0n) is 13.0. The first-order valence-electron chi connectivity index (χ1n) is 7.36. The van der Waals surface area contributed by atoms with Gasteiger partial charge in [-0.15, -0.1) is 0 Å². The van der Waals surface area contributed by atoms with Crippen LogP contribution in [0.3, 0.4) is 0 Å². The average Bonchev–Trinajstić information content (AvgIpc) is 2.58. The van der Waals surface area contributed by atoms with E-state index in [0.717, 1.165) is 18.6 Å². The van der Waals surface area contributed by atoms with E-state index in [1.807, 2.05) is 6.92 Å². The molecule has 0 amide bonds. The molecular formula is C19H15F3O2. The number of halogens is 3. The van der Waals surface area contributed by atoms with E-state index >= 15 is 0 Å². The van der Waals surface area contributed by atoms with E-state index in [1.54, 1.807) is 24.3 Å². The van der Waals surface area contributed by atoms with Crippen molar-refractivity contribution in [2.24, 2.45) is 0 Å². The van der Waals surface area contributed by atoms with Crippen LogP contribution in [0.4, 0.5) is 13.2 Å². The summed E-state index contributed by atoms with van der Waals surface area (Å²) in [6.45, 7) is 2.28. The minimum Gasteiger partial charge on any atom is -0.462 e. The lowest BCUT2D eigenvalue weighted by atomic mass is 10.1. The molecule has 0 bridgehead atoms. The summed E-state index contributed by atoms with van der Waals surface area (Å²) in [7, 11) is 0. The second-order valence-electron chi connectivity index (χ2n) is 5.04. The summed E-state index contributed by atoms with van der Waals surface area (Å²) in [6.07, 6.45) is -3.60. The van der Waals surface area contributed by atoms with Gasteiger partial charge in [-0.2, -0.15) is 13.2 Å². The first-order valence-corrected chi connectivity index (χ1v) is 7.36. The number of alkyl halides is 3. The molecule has 5 heteroatoms. The summed E-state index contributed by atoms with van der Waals surface area (Å²) in [4.78, 5) is 11.7. The number of benzene rings is 2. The molecule has 0 aliphatic heterocycles. The fraction of sp³-hybridized carbons (Fsp3) is 0.211. The molecule has 0 heterocycles. The Morgan fingerprint density at radius 3 is 1.92 bits per heavy atom. The van der Waals surface area contributed by atoms with E-state index in [0.29, 0.717) is 23.3 Å². The van der Waals surface area contributed by atoms with Crippen LogP contribution >= 0.6 is 0 Å². The van der Waals surface area contributed by atoms with Crippen LogP contribution < -0.4 is 0 Å². The normalized spacial score (nSPS) is 10.7. The zero-order valence-corrected chi connectivity index (χ0v) is 13.0. The van der Waals surface area contributed by atoms with E-state index in [9.17, 15) is 18.0 Å². The van der Waals surface area contributed by atoms with Crippen molar-refractivity contribution in [3.05, 3.63) is 70.8 Å². The molecule has 0 N–H and O–H groups in total. The van der Waals surface area contributed by atoms with Crippen LogP contribution in [0.1, 0.15) is 40.4 Å². The third kappa shape index (κ3) is 4.88. The highest BCUT2D eigenvalue weighted by Gasteiger charge is 2.29. The lowest BCUT2D eigenvalue weighted by Crippen LogP contribution is -2.05. The molecule has 2 nitrogen and oxygen atoms in total. The number of ether oxygens (including phenoxy) is 1. The molecule has 24 heavy (non-hydrogen) atoms. The van der Waals surface area contributed by atoms with Gasteiger partial charge in [0.2, 0.25) is 0 Å². The number of hydrogen-bond donors (Lipinski definition) is 0. The summed E-state index contributed by atoms with van der Waals surface area (Å²) in [5.41, 5.74) is 0.864. The van der Waals surface area contributed by atoms with E-state index in [2.05, 4.69) is 11.8 Å². The molecule has 0 unspecified atom stereocenters. The number of hydrogen-bond acceptors (Lipinski definition) is 2. The molecular weight excluding hydrogens is 317 g/mol. The van der Waals surface area contributed by atoms with Gasteiger partial charge in [-0.1, -0.05) is 18.8 Å². The van der Waals surface area contributed by atoms with Crippen LogP contribution in [0.15, 0.2) is 48.5 Å². The fourth-order valence-electron chi connectivity index (χ4n) is 1.85. The molecule has 2 rings (SSSR count). The Morgan fingerprint density at radius 2 is 1.46 bits per heavy atom. The predicted molar refractivity (Wildman–Crippen MR) is 84.4 cm³/mol. The maximum atomic E-state index is 12.5. The highest BCUT2D eigenvalue weighted by atomic mass is 19.4. The number of carbonyl (C=O) groups is 1. The minimum atomic E-state index is -4.35. The van der Waals surface area contributed by atoms with Crippen molar-refractivity contribution in [2.45, 2.75) is 19.5 Å². The highest BCUT2D eigenvalue weighted by Crippen LogP contribution is 2.28. The zero-order chi connectivity index (χ0) is 17.6. The van der Waals surface area contributed by atoms with Crippen LogP contribution in [0.25, 0.3) is 0 Å². The first kappa shape index (κ1) is 17.6. The third-order valence-electron chi connectivity index (χ3n) is 3.12. The molecule has 0 aromatic heterocycles. The van der Waals surface area contributed by atoms with Crippen molar-refractivity contribution < 1.29 is 22.7 Å². The molecule has 124 valence electrons. The molecule has 0 aliphatic carbocycles. The molecule has 2 aromatic carbocycles. The Morgan fingerprint density at radius 1 is 0.958 bits per heavy atom. The molecule has 0 spiro atoms. The highest BCUT2D eigenvalue weighted by molar-refractivity contribution is 5.89. The van der Waals surface area contributed by atoms with E-state index < -0.39 is 11.7 Å². The second-order valence-corrected chi connectivity index (χ2v) is 5.04. The van der Waals surface area contributed by atoms with Crippen molar-refractivity contribution in [3.63, 3.8) is 0 Å². The lowest BCUT2D eigenvalue weighted by Gasteiger charge is -2.05. The summed E-state index contributed by atoms with van der Waals surface area (Å²) in [5.74, 6) is 5.24. The van der Waals surface area contributed by atoms with Gasteiger partial charge in [0.25, 0.3) is 0 Å². The van der Waals surface area contributed by atoms with Crippen molar-refractivity contribution in [1.82, 2.24) is 0 Å². The Labute approximate surface area is 138 Å². The molecule has 0 aliphatic rings. The van der Waals surface area contributed by atoms with Crippen LogP contribution in [0.2, 0.25) is 0 Å². The van der Waals surface area contributed by atoms with Gasteiger partial charge in [-0.3, -0.25) is 0 Å². The standard InChI is InChI=1S/C19H15F3O2/c1-2-13-24-18(23)16-9-5-14(6-10-16)3-4-15-7-11-17(12-8-15)19(20,21)22/h5-12H,2,13H2,1H3. The van der Waals surface area contributed by atoms with Gasteiger partial charge >= 0.3 is 12.1 Å². The Kier molecular flexibility index (Phi) is 5.64. The fourth-order valence-corrected chi connectivity index (χ4v) is 1.85. The SMILES string of the molecule is CCCOC(=O)c1ccc(C#Cc2ccc(C(F)(F)F)cc2)cc1. The molecule has 2 aromatic rings. The summed E-state index contributed by atoms with van der Waals surface area (Å²) >= 11 is 0. The third-order valence-corrected chi connectivity index (χ3v) is 3.12. The maximum Gasteiger partial charge on any atom is 0.416 e. The van der Waals surface area contributed by atoms with E-state index in [1.165, 1.54) is 12.1 Å². The monoisotopic (exact) mass is 332 g/mol. The lowest BCUT2D eigenvalue weighted by molar-refractivity contribution is -0.137. The van der Waals surface area contributed by atoms with E-state index in [4.69, 9.17) is 4.74 Å². The Hall–Kier alpha value is -2.74. The molecule has 0 saturated heterocycles. The van der Waals surface area contributed by atoms with Gasteiger partial charge in [0.05, 0.1) is 17.7 Å². The minimum absolute atomic E-state index is 0.369. The number of rotatable bonds is 3. The van der Waals surface area contributed by atoms with Gasteiger partial charge in [-0.25, -0.2) is 4.79 Å².